The Labute approximate surface area is 94.6 Å². The Morgan fingerprint density at radius 3 is 2.40 bits per heavy atom. The summed E-state index contributed by atoms with van der Waals surface area (Å²) in [5.41, 5.74) is 0.397. The standard InChI is InChI=1S/C12H27N3/c1-11(2)12(3,4)9-14-10-15-7-5-13-6-8-15/h11,13-14H,5-10H2,1-4H3. The molecule has 0 radical (unpaired) electrons. The van der Waals surface area contributed by atoms with E-state index in [-0.39, 0.29) is 0 Å². The first-order chi connectivity index (χ1) is 7.02. The Hall–Kier alpha value is -0.120. The second-order valence-corrected chi connectivity index (χ2v) is 5.60. The van der Waals surface area contributed by atoms with Gasteiger partial charge in [0.05, 0.1) is 0 Å². The van der Waals surface area contributed by atoms with Gasteiger partial charge in [0.2, 0.25) is 0 Å². The predicted octanol–water partition coefficient (Wildman–Crippen LogP) is 1.12. The van der Waals surface area contributed by atoms with E-state index in [4.69, 9.17) is 0 Å². The first-order valence-electron chi connectivity index (χ1n) is 6.16. The van der Waals surface area contributed by atoms with Crippen molar-refractivity contribution in [2.45, 2.75) is 27.7 Å². The van der Waals surface area contributed by atoms with Gasteiger partial charge in [0, 0.05) is 39.4 Å². The molecule has 3 nitrogen and oxygen atoms in total. The monoisotopic (exact) mass is 213 g/mol. The molecule has 0 atom stereocenters. The van der Waals surface area contributed by atoms with Crippen molar-refractivity contribution in [2.24, 2.45) is 11.3 Å². The van der Waals surface area contributed by atoms with Crippen molar-refractivity contribution >= 4 is 0 Å². The molecule has 15 heavy (non-hydrogen) atoms. The fourth-order valence-electron chi connectivity index (χ4n) is 1.61. The Morgan fingerprint density at radius 2 is 1.87 bits per heavy atom. The van der Waals surface area contributed by atoms with Crippen LogP contribution in [0.2, 0.25) is 0 Å². The van der Waals surface area contributed by atoms with Crippen LogP contribution in [0.3, 0.4) is 0 Å². The summed E-state index contributed by atoms with van der Waals surface area (Å²) in [4.78, 5) is 2.48. The van der Waals surface area contributed by atoms with E-state index in [2.05, 4.69) is 43.2 Å². The SMILES string of the molecule is CC(C)C(C)(C)CNCN1CCNCC1. The van der Waals surface area contributed by atoms with Gasteiger partial charge >= 0.3 is 0 Å². The van der Waals surface area contributed by atoms with Gasteiger partial charge in [0.15, 0.2) is 0 Å². The average Bonchev–Trinajstić information content (AvgIpc) is 2.19. The highest BCUT2D eigenvalue weighted by atomic mass is 15.3. The van der Waals surface area contributed by atoms with Gasteiger partial charge in [0.25, 0.3) is 0 Å². The molecule has 3 heteroatoms. The number of nitrogens with zero attached hydrogens (tertiary/aromatic N) is 1. The van der Waals surface area contributed by atoms with E-state index < -0.39 is 0 Å². The lowest BCUT2D eigenvalue weighted by molar-refractivity contribution is 0.185. The van der Waals surface area contributed by atoms with E-state index in [1.54, 1.807) is 0 Å². The van der Waals surface area contributed by atoms with Crippen molar-refractivity contribution in [1.82, 2.24) is 15.5 Å². The molecule has 1 heterocycles. The average molecular weight is 213 g/mol. The summed E-state index contributed by atoms with van der Waals surface area (Å²) in [5.74, 6) is 0.730. The van der Waals surface area contributed by atoms with Gasteiger partial charge in [-0.2, -0.15) is 0 Å². The molecule has 1 saturated heterocycles. The largest absolute Gasteiger partial charge is 0.314 e. The Bertz CT molecular complexity index is 172. The maximum absolute atomic E-state index is 3.57. The lowest BCUT2D eigenvalue weighted by Crippen LogP contribution is -2.48. The smallest absolute Gasteiger partial charge is 0.0481 e. The van der Waals surface area contributed by atoms with Crippen LogP contribution in [0.5, 0.6) is 0 Å². The van der Waals surface area contributed by atoms with Crippen molar-refractivity contribution in [3.8, 4) is 0 Å². The Kier molecular flexibility index (Phi) is 5.03. The fraction of sp³-hybridized carbons (Fsp3) is 1.00. The summed E-state index contributed by atoms with van der Waals surface area (Å²) < 4.78 is 0. The molecule has 1 aliphatic heterocycles. The highest BCUT2D eigenvalue weighted by molar-refractivity contribution is 4.75. The highest BCUT2D eigenvalue weighted by Gasteiger charge is 2.21. The first kappa shape index (κ1) is 12.9. The molecule has 2 N–H and O–H groups in total. The van der Waals surface area contributed by atoms with Crippen molar-refractivity contribution in [3.05, 3.63) is 0 Å². The van der Waals surface area contributed by atoms with Crippen molar-refractivity contribution in [2.75, 3.05) is 39.4 Å². The van der Waals surface area contributed by atoms with Gasteiger partial charge in [-0.3, -0.25) is 4.90 Å². The van der Waals surface area contributed by atoms with E-state index in [0.29, 0.717) is 5.41 Å². The summed E-state index contributed by atoms with van der Waals surface area (Å²) in [6, 6.07) is 0. The van der Waals surface area contributed by atoms with E-state index in [9.17, 15) is 0 Å². The summed E-state index contributed by atoms with van der Waals surface area (Å²) in [6.07, 6.45) is 0. The number of rotatable bonds is 5. The Balaban J connectivity index is 2.14. The summed E-state index contributed by atoms with van der Waals surface area (Å²) in [6.45, 7) is 16.0. The predicted molar refractivity (Wildman–Crippen MR) is 65.9 cm³/mol. The van der Waals surface area contributed by atoms with E-state index in [1.165, 1.54) is 13.1 Å². The van der Waals surface area contributed by atoms with Crippen LogP contribution < -0.4 is 10.6 Å². The molecule has 0 amide bonds. The summed E-state index contributed by atoms with van der Waals surface area (Å²) >= 11 is 0. The molecule has 0 aromatic rings. The lowest BCUT2D eigenvalue weighted by Gasteiger charge is -2.32. The highest BCUT2D eigenvalue weighted by Crippen LogP contribution is 2.24. The molecule has 90 valence electrons. The number of nitrogens with one attached hydrogen (secondary N) is 2. The molecule has 0 aliphatic carbocycles. The molecular formula is C12H27N3. The minimum atomic E-state index is 0.397. The normalized spacial score (nSPS) is 19.8. The van der Waals surface area contributed by atoms with Crippen LogP contribution in [-0.4, -0.2) is 44.3 Å². The van der Waals surface area contributed by atoms with E-state index in [1.807, 2.05) is 0 Å². The topological polar surface area (TPSA) is 27.3 Å². The molecule has 0 bridgehead atoms. The zero-order valence-electron chi connectivity index (χ0n) is 10.8. The van der Waals surface area contributed by atoms with Crippen LogP contribution in [-0.2, 0) is 0 Å². The van der Waals surface area contributed by atoms with Gasteiger partial charge in [-0.25, -0.2) is 0 Å². The number of hydrogen-bond acceptors (Lipinski definition) is 3. The fourth-order valence-corrected chi connectivity index (χ4v) is 1.61. The van der Waals surface area contributed by atoms with Gasteiger partial charge in [-0.15, -0.1) is 0 Å². The van der Waals surface area contributed by atoms with Crippen molar-refractivity contribution in [1.29, 1.82) is 0 Å². The maximum atomic E-state index is 3.57. The zero-order valence-corrected chi connectivity index (χ0v) is 10.8. The minimum Gasteiger partial charge on any atom is -0.314 e. The van der Waals surface area contributed by atoms with Gasteiger partial charge in [-0.1, -0.05) is 27.7 Å². The second kappa shape index (κ2) is 5.83. The third kappa shape index (κ3) is 4.49. The van der Waals surface area contributed by atoms with Gasteiger partial charge in [0.1, 0.15) is 0 Å². The zero-order chi connectivity index (χ0) is 11.3. The third-order valence-electron chi connectivity index (χ3n) is 3.69. The van der Waals surface area contributed by atoms with E-state index in [0.717, 1.165) is 32.2 Å². The lowest BCUT2D eigenvalue weighted by atomic mass is 9.81. The molecule has 0 aromatic carbocycles. The van der Waals surface area contributed by atoms with Crippen LogP contribution in [0.1, 0.15) is 27.7 Å². The molecular weight excluding hydrogens is 186 g/mol. The molecule has 0 unspecified atom stereocenters. The molecule has 1 aliphatic rings. The van der Waals surface area contributed by atoms with Crippen LogP contribution in [0, 0.1) is 11.3 Å². The van der Waals surface area contributed by atoms with Crippen LogP contribution in [0.15, 0.2) is 0 Å². The second-order valence-electron chi connectivity index (χ2n) is 5.60. The number of piperazine rings is 1. The van der Waals surface area contributed by atoms with Crippen LogP contribution in [0.25, 0.3) is 0 Å². The maximum Gasteiger partial charge on any atom is 0.0481 e. The summed E-state index contributed by atoms with van der Waals surface area (Å²) in [7, 11) is 0. The molecule has 0 spiro atoms. The van der Waals surface area contributed by atoms with Crippen LogP contribution in [0.4, 0.5) is 0 Å². The molecule has 0 aromatic heterocycles. The van der Waals surface area contributed by atoms with Crippen LogP contribution >= 0.6 is 0 Å². The summed E-state index contributed by atoms with van der Waals surface area (Å²) in [5, 5.41) is 6.95. The van der Waals surface area contributed by atoms with Gasteiger partial charge in [-0.05, 0) is 11.3 Å². The quantitative estimate of drug-likeness (QED) is 0.717. The Morgan fingerprint density at radius 1 is 1.27 bits per heavy atom. The number of hydrogen-bond donors (Lipinski definition) is 2. The molecule has 0 saturated carbocycles. The third-order valence-corrected chi connectivity index (χ3v) is 3.69. The minimum absolute atomic E-state index is 0.397. The van der Waals surface area contributed by atoms with E-state index >= 15 is 0 Å². The van der Waals surface area contributed by atoms with Crippen molar-refractivity contribution in [3.63, 3.8) is 0 Å². The first-order valence-corrected chi connectivity index (χ1v) is 6.16. The molecule has 1 rings (SSSR count). The van der Waals surface area contributed by atoms with Gasteiger partial charge < -0.3 is 10.6 Å². The van der Waals surface area contributed by atoms with Crippen molar-refractivity contribution < 1.29 is 0 Å². The molecule has 1 fully saturated rings.